The van der Waals surface area contributed by atoms with Crippen LogP contribution in [-0.4, -0.2) is 21.4 Å². The molecule has 0 atom stereocenters. The van der Waals surface area contributed by atoms with E-state index in [0.717, 1.165) is 5.56 Å². The molecular weight excluding hydrogens is 328 g/mol. The minimum atomic E-state index is -3.87. The highest BCUT2D eigenvalue weighted by atomic mass is 32.2. The minimum Gasteiger partial charge on any atom is -0.495 e. The molecule has 6 nitrogen and oxygen atoms in total. The van der Waals surface area contributed by atoms with E-state index >= 15 is 0 Å². The zero-order valence-corrected chi connectivity index (χ0v) is 14.6. The molecule has 0 fully saturated rings. The molecule has 2 aromatic rings. The highest BCUT2D eigenvalue weighted by Crippen LogP contribution is 2.29. The van der Waals surface area contributed by atoms with Crippen LogP contribution in [0.2, 0.25) is 0 Å². The number of hydrogen-bond donors (Lipinski definition) is 2. The van der Waals surface area contributed by atoms with Crippen LogP contribution in [0.3, 0.4) is 0 Å². The molecule has 2 aromatic carbocycles. The van der Waals surface area contributed by atoms with Gasteiger partial charge in [-0.05, 0) is 36.2 Å². The molecule has 0 aliphatic carbocycles. The molecule has 128 valence electrons. The molecule has 0 aromatic heterocycles. The number of aryl methyl sites for hydroxylation is 1. The second-order valence-electron chi connectivity index (χ2n) is 5.16. The molecule has 0 unspecified atom stereocenters. The number of carbonyl (C=O) groups is 1. The maximum absolute atomic E-state index is 12.8. The second kappa shape index (κ2) is 7.35. The normalized spacial score (nSPS) is 11.0. The quantitative estimate of drug-likeness (QED) is 0.840. The molecular formula is C17H20N2O4S. The van der Waals surface area contributed by atoms with E-state index in [9.17, 15) is 13.2 Å². The summed E-state index contributed by atoms with van der Waals surface area (Å²) in [6, 6.07) is 11.7. The summed E-state index contributed by atoms with van der Waals surface area (Å²) in [5.74, 6) is -0.0848. The van der Waals surface area contributed by atoms with E-state index in [4.69, 9.17) is 4.74 Å². The standard InChI is InChI=1S/C17H20N2O4S/c1-4-13-7-5-6-8-15(13)19-24(21,22)17-11-14(18-12(2)20)9-10-16(17)23-3/h5-11,19H,4H2,1-3H3,(H,18,20). The highest BCUT2D eigenvalue weighted by molar-refractivity contribution is 7.92. The Morgan fingerprint density at radius 2 is 1.88 bits per heavy atom. The minimum absolute atomic E-state index is 0.0397. The van der Waals surface area contributed by atoms with Crippen LogP contribution in [0.5, 0.6) is 5.75 Å². The Morgan fingerprint density at radius 3 is 2.50 bits per heavy atom. The highest BCUT2D eigenvalue weighted by Gasteiger charge is 2.21. The summed E-state index contributed by atoms with van der Waals surface area (Å²) in [6.07, 6.45) is 0.696. The molecule has 0 saturated carbocycles. The average molecular weight is 348 g/mol. The topological polar surface area (TPSA) is 84.5 Å². The van der Waals surface area contributed by atoms with Gasteiger partial charge in [0.2, 0.25) is 5.91 Å². The van der Waals surface area contributed by atoms with Gasteiger partial charge in [-0.3, -0.25) is 9.52 Å². The van der Waals surface area contributed by atoms with Gasteiger partial charge in [-0.1, -0.05) is 25.1 Å². The first-order valence-corrected chi connectivity index (χ1v) is 8.92. The Kier molecular flexibility index (Phi) is 5.46. The van der Waals surface area contributed by atoms with Gasteiger partial charge in [0, 0.05) is 12.6 Å². The third-order valence-electron chi connectivity index (χ3n) is 3.42. The first kappa shape index (κ1) is 17.8. The summed E-state index contributed by atoms with van der Waals surface area (Å²) < 4.78 is 33.3. The summed E-state index contributed by atoms with van der Waals surface area (Å²) in [6.45, 7) is 3.30. The Labute approximate surface area is 141 Å². The van der Waals surface area contributed by atoms with Crippen LogP contribution in [0.25, 0.3) is 0 Å². The SMILES string of the molecule is CCc1ccccc1NS(=O)(=O)c1cc(NC(C)=O)ccc1OC. The van der Waals surface area contributed by atoms with Crippen LogP contribution in [-0.2, 0) is 21.2 Å². The zero-order valence-electron chi connectivity index (χ0n) is 13.8. The summed E-state index contributed by atoms with van der Waals surface area (Å²) in [4.78, 5) is 11.2. The van der Waals surface area contributed by atoms with Gasteiger partial charge in [-0.15, -0.1) is 0 Å². The maximum atomic E-state index is 12.8. The van der Waals surface area contributed by atoms with E-state index in [1.807, 2.05) is 19.1 Å². The number of benzene rings is 2. The van der Waals surface area contributed by atoms with Gasteiger partial charge in [0.05, 0.1) is 12.8 Å². The predicted octanol–water partition coefficient (Wildman–Crippen LogP) is 3.02. The fourth-order valence-electron chi connectivity index (χ4n) is 2.30. The molecule has 0 aliphatic heterocycles. The van der Waals surface area contributed by atoms with Gasteiger partial charge in [-0.2, -0.15) is 0 Å². The van der Waals surface area contributed by atoms with Crippen LogP contribution < -0.4 is 14.8 Å². The Morgan fingerprint density at radius 1 is 1.17 bits per heavy atom. The van der Waals surface area contributed by atoms with E-state index in [0.29, 0.717) is 17.8 Å². The van der Waals surface area contributed by atoms with Crippen LogP contribution in [0.1, 0.15) is 19.4 Å². The molecule has 0 saturated heterocycles. The van der Waals surface area contributed by atoms with Gasteiger partial charge < -0.3 is 10.1 Å². The van der Waals surface area contributed by atoms with Gasteiger partial charge in [0.1, 0.15) is 10.6 Å². The predicted molar refractivity (Wildman–Crippen MR) is 93.9 cm³/mol. The number of rotatable bonds is 6. The van der Waals surface area contributed by atoms with Crippen molar-refractivity contribution < 1.29 is 17.9 Å². The van der Waals surface area contributed by atoms with Gasteiger partial charge >= 0.3 is 0 Å². The Balaban J connectivity index is 2.45. The smallest absolute Gasteiger partial charge is 0.265 e. The van der Waals surface area contributed by atoms with Crippen molar-refractivity contribution in [1.29, 1.82) is 0 Å². The van der Waals surface area contributed by atoms with Crippen LogP contribution in [0.15, 0.2) is 47.4 Å². The molecule has 2 N–H and O–H groups in total. The van der Waals surface area contributed by atoms with Crippen LogP contribution in [0.4, 0.5) is 11.4 Å². The number of nitrogens with one attached hydrogen (secondary N) is 2. The molecule has 0 heterocycles. The Hall–Kier alpha value is -2.54. The van der Waals surface area contributed by atoms with Crippen molar-refractivity contribution in [1.82, 2.24) is 0 Å². The largest absolute Gasteiger partial charge is 0.495 e. The molecule has 0 bridgehead atoms. The lowest BCUT2D eigenvalue weighted by atomic mass is 10.1. The molecule has 2 rings (SSSR count). The van der Waals surface area contributed by atoms with Crippen molar-refractivity contribution in [3.05, 3.63) is 48.0 Å². The molecule has 0 radical (unpaired) electrons. The molecule has 0 spiro atoms. The number of methoxy groups -OCH3 is 1. The summed E-state index contributed by atoms with van der Waals surface area (Å²) in [7, 11) is -2.48. The van der Waals surface area contributed by atoms with E-state index in [1.54, 1.807) is 18.2 Å². The molecule has 7 heteroatoms. The fraction of sp³-hybridized carbons (Fsp3) is 0.235. The van der Waals surface area contributed by atoms with E-state index in [1.165, 1.54) is 26.2 Å². The van der Waals surface area contributed by atoms with E-state index < -0.39 is 10.0 Å². The first-order chi connectivity index (χ1) is 11.4. The number of amides is 1. The number of sulfonamides is 1. The third kappa shape index (κ3) is 4.05. The van der Waals surface area contributed by atoms with E-state index in [-0.39, 0.29) is 16.6 Å². The number of anilines is 2. The monoisotopic (exact) mass is 348 g/mol. The van der Waals surface area contributed by atoms with E-state index in [2.05, 4.69) is 10.0 Å². The fourth-order valence-corrected chi connectivity index (χ4v) is 3.59. The second-order valence-corrected chi connectivity index (χ2v) is 6.81. The van der Waals surface area contributed by atoms with Crippen molar-refractivity contribution in [2.45, 2.75) is 25.2 Å². The van der Waals surface area contributed by atoms with Crippen molar-refractivity contribution in [2.24, 2.45) is 0 Å². The molecule has 24 heavy (non-hydrogen) atoms. The maximum Gasteiger partial charge on any atom is 0.265 e. The number of carbonyl (C=O) groups excluding carboxylic acids is 1. The van der Waals surface area contributed by atoms with Crippen molar-refractivity contribution >= 4 is 27.3 Å². The molecule has 0 aliphatic rings. The lowest BCUT2D eigenvalue weighted by molar-refractivity contribution is -0.114. The summed E-state index contributed by atoms with van der Waals surface area (Å²) >= 11 is 0. The summed E-state index contributed by atoms with van der Waals surface area (Å²) in [5.41, 5.74) is 1.79. The molecule has 1 amide bonds. The van der Waals surface area contributed by atoms with Gasteiger partial charge in [0.15, 0.2) is 0 Å². The van der Waals surface area contributed by atoms with Crippen molar-refractivity contribution in [3.63, 3.8) is 0 Å². The average Bonchev–Trinajstić information content (AvgIpc) is 2.54. The van der Waals surface area contributed by atoms with Crippen molar-refractivity contribution in [2.75, 3.05) is 17.1 Å². The van der Waals surface area contributed by atoms with Gasteiger partial charge in [-0.25, -0.2) is 8.42 Å². The number of para-hydroxylation sites is 1. The first-order valence-electron chi connectivity index (χ1n) is 7.43. The number of hydrogen-bond acceptors (Lipinski definition) is 4. The third-order valence-corrected chi connectivity index (χ3v) is 4.80. The van der Waals surface area contributed by atoms with Crippen molar-refractivity contribution in [3.8, 4) is 5.75 Å². The lowest BCUT2D eigenvalue weighted by Crippen LogP contribution is -2.16. The van der Waals surface area contributed by atoms with Gasteiger partial charge in [0.25, 0.3) is 10.0 Å². The van der Waals surface area contributed by atoms with Crippen LogP contribution in [0, 0.1) is 0 Å². The lowest BCUT2D eigenvalue weighted by Gasteiger charge is -2.15. The van der Waals surface area contributed by atoms with Crippen LogP contribution >= 0.6 is 0 Å². The Bertz CT molecular complexity index is 847. The zero-order chi connectivity index (χ0) is 17.7. The number of ether oxygens (including phenoxy) is 1. The summed E-state index contributed by atoms with van der Waals surface area (Å²) in [5, 5.41) is 2.57.